The molecule has 0 saturated carbocycles. The zero-order valence-corrected chi connectivity index (χ0v) is 7.56. The Labute approximate surface area is 83.5 Å². The van der Waals surface area contributed by atoms with Gasteiger partial charge in [0.2, 0.25) is 0 Å². The third-order valence-electron chi connectivity index (χ3n) is 1.65. The summed E-state index contributed by atoms with van der Waals surface area (Å²) in [5.41, 5.74) is -0.595. The highest BCUT2D eigenvalue weighted by molar-refractivity contribution is 5.94. The molecule has 3 nitrogen and oxygen atoms in total. The van der Waals surface area contributed by atoms with Gasteiger partial charge < -0.3 is 10.4 Å². The second kappa shape index (κ2) is 4.79. The van der Waals surface area contributed by atoms with E-state index in [0.717, 1.165) is 0 Å². The standard InChI is InChI=1S/C9H8F3NO2/c10-6-4-8(12)7(11)3-5(6)9(15)13-1-2-14/h3-4,14H,1-2H2,(H,13,15). The molecule has 15 heavy (non-hydrogen) atoms. The van der Waals surface area contributed by atoms with Crippen molar-refractivity contribution in [2.45, 2.75) is 0 Å². The lowest BCUT2D eigenvalue weighted by molar-refractivity contribution is 0.0940. The van der Waals surface area contributed by atoms with Crippen LogP contribution >= 0.6 is 0 Å². The van der Waals surface area contributed by atoms with Crippen molar-refractivity contribution in [3.05, 3.63) is 35.1 Å². The summed E-state index contributed by atoms with van der Waals surface area (Å²) in [6, 6.07) is 0.764. The van der Waals surface area contributed by atoms with E-state index in [1.54, 1.807) is 0 Å². The van der Waals surface area contributed by atoms with Crippen LogP contribution in [0.5, 0.6) is 0 Å². The lowest BCUT2D eigenvalue weighted by atomic mass is 10.2. The largest absolute Gasteiger partial charge is 0.395 e. The number of halogens is 3. The van der Waals surface area contributed by atoms with E-state index in [-0.39, 0.29) is 13.2 Å². The van der Waals surface area contributed by atoms with Crippen LogP contribution < -0.4 is 5.32 Å². The van der Waals surface area contributed by atoms with Gasteiger partial charge in [-0.3, -0.25) is 4.79 Å². The Morgan fingerprint density at radius 2 is 1.80 bits per heavy atom. The minimum atomic E-state index is -1.36. The van der Waals surface area contributed by atoms with Crippen molar-refractivity contribution in [1.82, 2.24) is 5.32 Å². The fraction of sp³-hybridized carbons (Fsp3) is 0.222. The third kappa shape index (κ3) is 2.69. The minimum Gasteiger partial charge on any atom is -0.395 e. The van der Waals surface area contributed by atoms with E-state index < -0.39 is 28.9 Å². The van der Waals surface area contributed by atoms with Gasteiger partial charge in [0, 0.05) is 12.6 Å². The van der Waals surface area contributed by atoms with Crippen LogP contribution in [0.25, 0.3) is 0 Å². The number of carbonyl (C=O) groups excluding carboxylic acids is 1. The SMILES string of the molecule is O=C(NCCO)c1cc(F)c(F)cc1F. The van der Waals surface area contributed by atoms with Gasteiger partial charge in [-0.15, -0.1) is 0 Å². The first-order chi connectivity index (χ1) is 7.06. The van der Waals surface area contributed by atoms with Crippen molar-refractivity contribution in [3.8, 4) is 0 Å². The van der Waals surface area contributed by atoms with Crippen molar-refractivity contribution >= 4 is 5.91 Å². The molecule has 0 aliphatic heterocycles. The molecule has 82 valence electrons. The van der Waals surface area contributed by atoms with Crippen LogP contribution in [0.2, 0.25) is 0 Å². The summed E-state index contributed by atoms with van der Waals surface area (Å²) in [5.74, 6) is -4.71. The monoisotopic (exact) mass is 219 g/mol. The average Bonchev–Trinajstić information content (AvgIpc) is 2.20. The number of hydrogen-bond donors (Lipinski definition) is 2. The maximum Gasteiger partial charge on any atom is 0.254 e. The number of hydrogen-bond acceptors (Lipinski definition) is 2. The maximum atomic E-state index is 13.0. The van der Waals surface area contributed by atoms with E-state index in [1.165, 1.54) is 0 Å². The molecule has 0 unspecified atom stereocenters. The van der Waals surface area contributed by atoms with E-state index in [2.05, 4.69) is 5.32 Å². The first-order valence-corrected chi connectivity index (χ1v) is 4.10. The molecule has 1 aromatic carbocycles. The van der Waals surface area contributed by atoms with Crippen molar-refractivity contribution < 1.29 is 23.1 Å². The maximum absolute atomic E-state index is 13.0. The van der Waals surface area contributed by atoms with Gasteiger partial charge >= 0.3 is 0 Å². The van der Waals surface area contributed by atoms with Gasteiger partial charge in [0.05, 0.1) is 12.2 Å². The van der Waals surface area contributed by atoms with Crippen molar-refractivity contribution in [2.24, 2.45) is 0 Å². The number of amides is 1. The zero-order chi connectivity index (χ0) is 11.4. The van der Waals surface area contributed by atoms with E-state index in [4.69, 9.17) is 5.11 Å². The van der Waals surface area contributed by atoms with Gasteiger partial charge in [0.1, 0.15) is 5.82 Å². The van der Waals surface area contributed by atoms with Gasteiger partial charge in [-0.1, -0.05) is 0 Å². The normalized spacial score (nSPS) is 10.1. The fourth-order valence-electron chi connectivity index (χ4n) is 0.961. The average molecular weight is 219 g/mol. The van der Waals surface area contributed by atoms with Crippen LogP contribution in [0.15, 0.2) is 12.1 Å². The molecule has 2 N–H and O–H groups in total. The lowest BCUT2D eigenvalue weighted by Gasteiger charge is -2.04. The van der Waals surface area contributed by atoms with Crippen LogP contribution in [0.3, 0.4) is 0 Å². The Bertz CT molecular complexity index is 382. The summed E-state index contributed by atoms with van der Waals surface area (Å²) in [5, 5.41) is 10.5. The quantitative estimate of drug-likeness (QED) is 0.739. The molecule has 0 atom stereocenters. The van der Waals surface area contributed by atoms with Crippen molar-refractivity contribution in [2.75, 3.05) is 13.2 Å². The number of aliphatic hydroxyl groups excluding tert-OH is 1. The molecule has 0 heterocycles. The highest BCUT2D eigenvalue weighted by Gasteiger charge is 2.15. The number of nitrogens with one attached hydrogen (secondary N) is 1. The Morgan fingerprint density at radius 1 is 1.20 bits per heavy atom. The van der Waals surface area contributed by atoms with E-state index in [1.807, 2.05) is 0 Å². The predicted molar refractivity (Wildman–Crippen MR) is 45.7 cm³/mol. The Morgan fingerprint density at radius 3 is 2.40 bits per heavy atom. The van der Waals surface area contributed by atoms with Crippen LogP contribution in [-0.4, -0.2) is 24.2 Å². The van der Waals surface area contributed by atoms with Crippen molar-refractivity contribution in [1.29, 1.82) is 0 Å². The van der Waals surface area contributed by atoms with Crippen LogP contribution in [0.1, 0.15) is 10.4 Å². The minimum absolute atomic E-state index is 0.0860. The molecule has 0 saturated heterocycles. The Balaban J connectivity index is 2.94. The molecular formula is C9H8F3NO2. The molecule has 0 fully saturated rings. The molecule has 1 aromatic rings. The number of carbonyl (C=O) groups is 1. The predicted octanol–water partition coefficient (Wildman–Crippen LogP) is 0.826. The fourth-order valence-corrected chi connectivity index (χ4v) is 0.961. The van der Waals surface area contributed by atoms with E-state index in [9.17, 15) is 18.0 Å². The molecule has 1 rings (SSSR count). The second-order valence-corrected chi connectivity index (χ2v) is 2.73. The first-order valence-electron chi connectivity index (χ1n) is 4.10. The summed E-state index contributed by atoms with van der Waals surface area (Å²) < 4.78 is 38.1. The topological polar surface area (TPSA) is 49.3 Å². The molecule has 6 heteroatoms. The molecule has 1 amide bonds. The summed E-state index contributed by atoms with van der Waals surface area (Å²) in [6.45, 7) is -0.408. The number of benzene rings is 1. The molecule has 0 bridgehead atoms. The summed E-state index contributed by atoms with van der Waals surface area (Å²) >= 11 is 0. The van der Waals surface area contributed by atoms with E-state index in [0.29, 0.717) is 12.1 Å². The smallest absolute Gasteiger partial charge is 0.254 e. The van der Waals surface area contributed by atoms with Gasteiger partial charge in [0.15, 0.2) is 11.6 Å². The zero-order valence-electron chi connectivity index (χ0n) is 7.56. The van der Waals surface area contributed by atoms with Crippen LogP contribution in [-0.2, 0) is 0 Å². The van der Waals surface area contributed by atoms with Gasteiger partial charge in [0.25, 0.3) is 5.91 Å². The molecule has 0 aromatic heterocycles. The molecular weight excluding hydrogens is 211 g/mol. The van der Waals surface area contributed by atoms with Crippen LogP contribution in [0.4, 0.5) is 13.2 Å². The number of aliphatic hydroxyl groups is 1. The van der Waals surface area contributed by atoms with E-state index >= 15 is 0 Å². The molecule has 0 spiro atoms. The van der Waals surface area contributed by atoms with Crippen LogP contribution in [0, 0.1) is 17.5 Å². The highest BCUT2D eigenvalue weighted by atomic mass is 19.2. The summed E-state index contributed by atoms with van der Waals surface area (Å²) in [4.78, 5) is 11.1. The van der Waals surface area contributed by atoms with Gasteiger partial charge in [-0.2, -0.15) is 0 Å². The number of rotatable bonds is 3. The molecule has 0 radical (unpaired) electrons. The lowest BCUT2D eigenvalue weighted by Crippen LogP contribution is -2.27. The third-order valence-corrected chi connectivity index (χ3v) is 1.65. The van der Waals surface area contributed by atoms with Crippen molar-refractivity contribution in [3.63, 3.8) is 0 Å². The molecule has 0 aliphatic rings. The summed E-state index contributed by atoms with van der Waals surface area (Å²) in [7, 11) is 0. The highest BCUT2D eigenvalue weighted by Crippen LogP contribution is 2.13. The Kier molecular flexibility index (Phi) is 3.68. The first kappa shape index (κ1) is 11.5. The summed E-state index contributed by atoms with van der Waals surface area (Å²) in [6.07, 6.45) is 0. The Hall–Kier alpha value is -1.56. The van der Waals surface area contributed by atoms with Gasteiger partial charge in [-0.05, 0) is 6.07 Å². The second-order valence-electron chi connectivity index (χ2n) is 2.73. The molecule has 0 aliphatic carbocycles. The van der Waals surface area contributed by atoms with Gasteiger partial charge in [-0.25, -0.2) is 13.2 Å².